The number of hydrogen-bond donors (Lipinski definition) is 1. The Morgan fingerprint density at radius 2 is 2.13 bits per heavy atom. The molecule has 1 aromatic rings. The summed E-state index contributed by atoms with van der Waals surface area (Å²) in [5.74, 6) is 5.07. The number of rotatable bonds is 1. The molecule has 0 atom stereocenters. The SMILES string of the molecule is NN1CCN(c2cccc(F)c2)C(=O)C1. The van der Waals surface area contributed by atoms with E-state index in [9.17, 15) is 9.18 Å². The van der Waals surface area contributed by atoms with Crippen molar-refractivity contribution in [1.82, 2.24) is 5.01 Å². The van der Waals surface area contributed by atoms with E-state index in [1.54, 1.807) is 17.0 Å². The molecule has 0 aromatic heterocycles. The number of piperazine rings is 1. The number of nitrogens with two attached hydrogens (primary N) is 1. The molecule has 80 valence electrons. The van der Waals surface area contributed by atoms with Gasteiger partial charge in [0.15, 0.2) is 0 Å². The third-order valence-corrected chi connectivity index (χ3v) is 2.37. The van der Waals surface area contributed by atoms with Gasteiger partial charge in [-0.25, -0.2) is 9.40 Å². The van der Waals surface area contributed by atoms with E-state index in [0.29, 0.717) is 18.8 Å². The molecule has 2 N–H and O–H groups in total. The maximum Gasteiger partial charge on any atom is 0.242 e. The molecule has 1 heterocycles. The molecule has 1 fully saturated rings. The molecular weight excluding hydrogens is 197 g/mol. The maximum atomic E-state index is 13.0. The Bertz CT molecular complexity index is 383. The van der Waals surface area contributed by atoms with Crippen molar-refractivity contribution in [2.24, 2.45) is 5.84 Å². The number of anilines is 1. The zero-order valence-corrected chi connectivity index (χ0v) is 8.19. The van der Waals surface area contributed by atoms with E-state index in [1.807, 2.05) is 0 Å². The smallest absolute Gasteiger partial charge is 0.242 e. The first-order chi connectivity index (χ1) is 7.16. The van der Waals surface area contributed by atoms with Crippen LogP contribution in [0.4, 0.5) is 10.1 Å². The van der Waals surface area contributed by atoms with Crippen molar-refractivity contribution in [2.45, 2.75) is 0 Å². The normalized spacial score (nSPS) is 18.3. The number of benzene rings is 1. The second kappa shape index (κ2) is 3.96. The van der Waals surface area contributed by atoms with Crippen LogP contribution >= 0.6 is 0 Å². The fourth-order valence-corrected chi connectivity index (χ4v) is 1.61. The molecule has 4 nitrogen and oxygen atoms in total. The number of halogens is 1. The third kappa shape index (κ3) is 2.14. The van der Waals surface area contributed by atoms with Crippen LogP contribution in [0.3, 0.4) is 0 Å². The first-order valence-corrected chi connectivity index (χ1v) is 4.72. The van der Waals surface area contributed by atoms with Crippen LogP contribution in [0.1, 0.15) is 0 Å². The van der Waals surface area contributed by atoms with Crippen LogP contribution in [0.15, 0.2) is 24.3 Å². The Morgan fingerprint density at radius 3 is 2.80 bits per heavy atom. The lowest BCUT2D eigenvalue weighted by atomic mass is 10.2. The summed E-state index contributed by atoms with van der Waals surface area (Å²) < 4.78 is 13.0. The zero-order chi connectivity index (χ0) is 10.8. The molecule has 0 radical (unpaired) electrons. The predicted octanol–water partition coefficient (Wildman–Crippen LogP) is 0.348. The summed E-state index contributed by atoms with van der Waals surface area (Å²) in [7, 11) is 0. The Kier molecular flexibility index (Phi) is 2.66. The number of carbonyl (C=O) groups excluding carboxylic acids is 1. The second-order valence-electron chi connectivity index (χ2n) is 3.50. The summed E-state index contributed by atoms with van der Waals surface area (Å²) in [4.78, 5) is 13.1. The van der Waals surface area contributed by atoms with Gasteiger partial charge >= 0.3 is 0 Å². The summed E-state index contributed by atoms with van der Waals surface area (Å²) >= 11 is 0. The van der Waals surface area contributed by atoms with Crippen LogP contribution in [0.2, 0.25) is 0 Å². The zero-order valence-electron chi connectivity index (χ0n) is 8.19. The molecule has 0 unspecified atom stereocenters. The lowest BCUT2D eigenvalue weighted by Crippen LogP contribution is -2.53. The van der Waals surface area contributed by atoms with Crippen molar-refractivity contribution in [3.05, 3.63) is 30.1 Å². The van der Waals surface area contributed by atoms with Gasteiger partial charge in [0.05, 0.1) is 6.54 Å². The molecule has 15 heavy (non-hydrogen) atoms. The fraction of sp³-hybridized carbons (Fsp3) is 0.300. The Morgan fingerprint density at radius 1 is 1.33 bits per heavy atom. The highest BCUT2D eigenvalue weighted by Crippen LogP contribution is 2.17. The minimum atomic E-state index is -0.338. The van der Waals surface area contributed by atoms with Crippen LogP contribution in [-0.4, -0.2) is 30.6 Å². The van der Waals surface area contributed by atoms with Gasteiger partial charge in [-0.2, -0.15) is 0 Å². The predicted molar refractivity (Wildman–Crippen MR) is 54.5 cm³/mol. The van der Waals surface area contributed by atoms with E-state index < -0.39 is 0 Å². The summed E-state index contributed by atoms with van der Waals surface area (Å²) in [5.41, 5.74) is 0.591. The van der Waals surface area contributed by atoms with Crippen LogP contribution in [0, 0.1) is 5.82 Å². The van der Waals surface area contributed by atoms with Gasteiger partial charge in [-0.3, -0.25) is 10.6 Å². The number of nitrogens with zero attached hydrogens (tertiary/aromatic N) is 2. The van der Waals surface area contributed by atoms with Crippen molar-refractivity contribution >= 4 is 11.6 Å². The van der Waals surface area contributed by atoms with Gasteiger partial charge in [-0.05, 0) is 18.2 Å². The number of carbonyl (C=O) groups is 1. The molecule has 5 heteroatoms. The number of hydrogen-bond acceptors (Lipinski definition) is 3. The Hall–Kier alpha value is -1.46. The van der Waals surface area contributed by atoms with Crippen LogP contribution in [0.25, 0.3) is 0 Å². The molecule has 0 bridgehead atoms. The minimum absolute atomic E-state index is 0.102. The lowest BCUT2D eigenvalue weighted by molar-refractivity contribution is -0.121. The molecule has 1 aliphatic heterocycles. The van der Waals surface area contributed by atoms with Crippen LogP contribution < -0.4 is 10.7 Å². The molecule has 0 saturated carbocycles. The highest BCUT2D eigenvalue weighted by Gasteiger charge is 2.23. The lowest BCUT2D eigenvalue weighted by Gasteiger charge is -2.31. The van der Waals surface area contributed by atoms with E-state index in [2.05, 4.69) is 0 Å². The molecule has 0 aliphatic carbocycles. The van der Waals surface area contributed by atoms with E-state index in [-0.39, 0.29) is 18.3 Å². The van der Waals surface area contributed by atoms with Gasteiger partial charge < -0.3 is 4.90 Å². The van der Waals surface area contributed by atoms with Gasteiger partial charge in [0.1, 0.15) is 5.82 Å². The first kappa shape index (κ1) is 10.1. The molecule has 2 rings (SSSR count). The van der Waals surface area contributed by atoms with Crippen LogP contribution in [-0.2, 0) is 4.79 Å². The molecule has 1 amide bonds. The minimum Gasteiger partial charge on any atom is -0.310 e. The Balaban J connectivity index is 2.20. The molecule has 1 aliphatic rings. The fourth-order valence-electron chi connectivity index (χ4n) is 1.61. The summed E-state index contributed by atoms with van der Waals surface area (Å²) in [6, 6.07) is 6.01. The molecule has 0 spiro atoms. The maximum absolute atomic E-state index is 13.0. The quantitative estimate of drug-likeness (QED) is 0.679. The Labute approximate surface area is 87.0 Å². The second-order valence-corrected chi connectivity index (χ2v) is 3.50. The van der Waals surface area contributed by atoms with Gasteiger partial charge in [0, 0.05) is 18.8 Å². The van der Waals surface area contributed by atoms with Gasteiger partial charge in [-0.15, -0.1) is 0 Å². The topological polar surface area (TPSA) is 49.6 Å². The van der Waals surface area contributed by atoms with Crippen molar-refractivity contribution in [2.75, 3.05) is 24.5 Å². The average molecular weight is 209 g/mol. The third-order valence-electron chi connectivity index (χ3n) is 2.37. The highest BCUT2D eigenvalue weighted by atomic mass is 19.1. The van der Waals surface area contributed by atoms with Crippen molar-refractivity contribution in [1.29, 1.82) is 0 Å². The van der Waals surface area contributed by atoms with Gasteiger partial charge in [0.25, 0.3) is 0 Å². The monoisotopic (exact) mass is 209 g/mol. The first-order valence-electron chi connectivity index (χ1n) is 4.72. The number of amides is 1. The van der Waals surface area contributed by atoms with Crippen molar-refractivity contribution in [3.63, 3.8) is 0 Å². The molecule has 1 saturated heterocycles. The molecule has 1 aromatic carbocycles. The highest BCUT2D eigenvalue weighted by molar-refractivity contribution is 5.95. The summed E-state index contributed by atoms with van der Waals surface area (Å²) in [6.07, 6.45) is 0. The largest absolute Gasteiger partial charge is 0.310 e. The molecular formula is C10H12FN3O. The van der Waals surface area contributed by atoms with E-state index in [1.165, 1.54) is 17.1 Å². The van der Waals surface area contributed by atoms with Crippen molar-refractivity contribution < 1.29 is 9.18 Å². The van der Waals surface area contributed by atoms with E-state index in [0.717, 1.165) is 0 Å². The number of hydrazine groups is 1. The average Bonchev–Trinajstić information content (AvgIpc) is 2.17. The van der Waals surface area contributed by atoms with E-state index in [4.69, 9.17) is 5.84 Å². The standard InChI is InChI=1S/C10H12FN3O/c11-8-2-1-3-9(6-8)14-5-4-13(12)7-10(14)15/h1-3,6H,4-5,7,12H2. The summed E-state index contributed by atoms with van der Waals surface area (Å²) in [6.45, 7) is 1.28. The van der Waals surface area contributed by atoms with Crippen molar-refractivity contribution in [3.8, 4) is 0 Å². The van der Waals surface area contributed by atoms with Crippen LogP contribution in [0.5, 0.6) is 0 Å². The van der Waals surface area contributed by atoms with Gasteiger partial charge in [-0.1, -0.05) is 6.07 Å². The summed E-state index contributed by atoms with van der Waals surface area (Å²) in [5, 5.41) is 1.46. The van der Waals surface area contributed by atoms with E-state index >= 15 is 0 Å². The van der Waals surface area contributed by atoms with Gasteiger partial charge in [0.2, 0.25) is 5.91 Å².